The van der Waals surface area contributed by atoms with Gasteiger partial charge in [0.1, 0.15) is 16.9 Å². The summed E-state index contributed by atoms with van der Waals surface area (Å²) in [4.78, 5) is 12.5. The Morgan fingerprint density at radius 1 is 1.17 bits per heavy atom. The molecular formula is C15H18N4O3S. The molecule has 1 N–H and O–H groups in total. The third-order valence-electron chi connectivity index (χ3n) is 4.28. The molecule has 0 bridgehead atoms. The van der Waals surface area contributed by atoms with E-state index < -0.39 is 0 Å². The van der Waals surface area contributed by atoms with Crippen molar-refractivity contribution >= 4 is 22.4 Å². The molecule has 1 atom stereocenters. The minimum Gasteiger partial charge on any atom is -0.371 e. The lowest BCUT2D eigenvalue weighted by Crippen LogP contribution is -2.14. The minimum atomic E-state index is -0.271. The number of aryl methyl sites for hydroxylation is 1. The van der Waals surface area contributed by atoms with Crippen LogP contribution < -0.4 is 5.32 Å². The Hall–Kier alpha value is -1.80. The van der Waals surface area contributed by atoms with Crippen molar-refractivity contribution in [3.05, 3.63) is 22.0 Å². The van der Waals surface area contributed by atoms with Crippen LogP contribution in [0.15, 0.2) is 4.52 Å². The lowest BCUT2D eigenvalue weighted by molar-refractivity contribution is 0.101. The van der Waals surface area contributed by atoms with Gasteiger partial charge >= 0.3 is 0 Å². The molecule has 1 saturated heterocycles. The van der Waals surface area contributed by atoms with Crippen LogP contribution in [0.4, 0.5) is 5.13 Å². The fourth-order valence-corrected chi connectivity index (χ4v) is 3.91. The van der Waals surface area contributed by atoms with Crippen molar-refractivity contribution in [2.75, 3.05) is 11.9 Å². The van der Waals surface area contributed by atoms with E-state index in [1.807, 2.05) is 0 Å². The SMILES string of the molecule is O=C(Nc1nnc([C@@H]2CCCO2)s1)c1noc2c1CCCCC2. The van der Waals surface area contributed by atoms with E-state index in [-0.39, 0.29) is 12.0 Å². The zero-order valence-corrected chi connectivity index (χ0v) is 13.5. The summed E-state index contributed by atoms with van der Waals surface area (Å²) in [5, 5.41) is 16.2. The molecule has 0 aromatic carbocycles. The topological polar surface area (TPSA) is 90.1 Å². The maximum atomic E-state index is 12.5. The van der Waals surface area contributed by atoms with Crippen LogP contribution in [0.5, 0.6) is 0 Å². The summed E-state index contributed by atoms with van der Waals surface area (Å²) >= 11 is 1.36. The molecule has 4 rings (SSSR count). The minimum absolute atomic E-state index is 0.0153. The van der Waals surface area contributed by atoms with Crippen molar-refractivity contribution in [2.45, 2.75) is 51.0 Å². The highest BCUT2D eigenvalue weighted by Crippen LogP contribution is 2.32. The van der Waals surface area contributed by atoms with E-state index in [1.54, 1.807) is 0 Å². The lowest BCUT2D eigenvalue weighted by Gasteiger charge is -2.02. The van der Waals surface area contributed by atoms with Crippen LogP contribution in [0.1, 0.15) is 65.0 Å². The number of hydrogen-bond donors (Lipinski definition) is 1. The monoisotopic (exact) mass is 334 g/mol. The van der Waals surface area contributed by atoms with Gasteiger partial charge in [-0.25, -0.2) is 0 Å². The Morgan fingerprint density at radius 3 is 2.96 bits per heavy atom. The second-order valence-electron chi connectivity index (χ2n) is 5.89. The molecule has 1 fully saturated rings. The molecule has 23 heavy (non-hydrogen) atoms. The number of amides is 1. The van der Waals surface area contributed by atoms with E-state index in [0.29, 0.717) is 10.8 Å². The maximum absolute atomic E-state index is 12.5. The quantitative estimate of drug-likeness (QED) is 0.868. The third-order valence-corrected chi connectivity index (χ3v) is 5.21. The Labute approximate surface area is 137 Å². The van der Waals surface area contributed by atoms with Gasteiger partial charge in [-0.2, -0.15) is 0 Å². The van der Waals surface area contributed by atoms with Gasteiger partial charge in [-0.1, -0.05) is 22.9 Å². The highest BCUT2D eigenvalue weighted by molar-refractivity contribution is 7.15. The molecule has 0 unspecified atom stereocenters. The van der Waals surface area contributed by atoms with Gasteiger partial charge in [0.25, 0.3) is 5.91 Å². The maximum Gasteiger partial charge on any atom is 0.279 e. The number of hydrogen-bond acceptors (Lipinski definition) is 7. The molecule has 0 saturated carbocycles. The molecule has 2 aliphatic rings. The van der Waals surface area contributed by atoms with Gasteiger partial charge in [0.2, 0.25) is 5.13 Å². The van der Waals surface area contributed by atoms with Crippen molar-refractivity contribution in [1.29, 1.82) is 0 Å². The molecule has 1 amide bonds. The lowest BCUT2D eigenvalue weighted by atomic mass is 10.1. The van der Waals surface area contributed by atoms with Crippen LogP contribution in [0, 0.1) is 0 Å². The number of anilines is 1. The molecular weight excluding hydrogens is 316 g/mol. The summed E-state index contributed by atoms with van der Waals surface area (Å²) in [6, 6.07) is 0. The average Bonchev–Trinajstić information content (AvgIpc) is 3.26. The number of carbonyl (C=O) groups excluding carboxylic acids is 1. The Kier molecular flexibility index (Phi) is 4.09. The first-order valence-electron chi connectivity index (χ1n) is 8.05. The van der Waals surface area contributed by atoms with Gasteiger partial charge in [-0.3, -0.25) is 10.1 Å². The fraction of sp³-hybridized carbons (Fsp3) is 0.600. The molecule has 1 aliphatic carbocycles. The number of aromatic nitrogens is 3. The fourth-order valence-electron chi connectivity index (χ4n) is 3.08. The van der Waals surface area contributed by atoms with Crippen LogP contribution in [0.3, 0.4) is 0 Å². The Morgan fingerprint density at radius 2 is 2.09 bits per heavy atom. The number of carbonyl (C=O) groups is 1. The summed E-state index contributed by atoms with van der Waals surface area (Å²) in [5.41, 5.74) is 1.33. The summed E-state index contributed by atoms with van der Waals surface area (Å²) in [7, 11) is 0. The second-order valence-corrected chi connectivity index (χ2v) is 6.90. The van der Waals surface area contributed by atoms with E-state index in [2.05, 4.69) is 20.7 Å². The van der Waals surface area contributed by atoms with Gasteiger partial charge in [0, 0.05) is 18.6 Å². The molecule has 122 valence electrons. The number of nitrogens with zero attached hydrogens (tertiary/aromatic N) is 3. The largest absolute Gasteiger partial charge is 0.371 e. The van der Waals surface area contributed by atoms with Crippen molar-refractivity contribution in [3.8, 4) is 0 Å². The van der Waals surface area contributed by atoms with Crippen LogP contribution in [-0.2, 0) is 17.6 Å². The second kappa shape index (κ2) is 6.37. The first-order valence-corrected chi connectivity index (χ1v) is 8.86. The normalized spacial score (nSPS) is 21.0. The third kappa shape index (κ3) is 3.00. The number of rotatable bonds is 3. The van der Waals surface area contributed by atoms with E-state index >= 15 is 0 Å². The summed E-state index contributed by atoms with van der Waals surface area (Å²) in [5.74, 6) is 0.580. The highest BCUT2D eigenvalue weighted by Gasteiger charge is 2.25. The Balaban J connectivity index is 1.49. The van der Waals surface area contributed by atoms with Crippen molar-refractivity contribution in [2.24, 2.45) is 0 Å². The number of nitrogens with one attached hydrogen (secondary N) is 1. The molecule has 7 nitrogen and oxygen atoms in total. The van der Waals surface area contributed by atoms with Crippen LogP contribution in [0.2, 0.25) is 0 Å². The predicted molar refractivity (Wildman–Crippen MR) is 83.6 cm³/mol. The first kappa shape index (κ1) is 14.8. The first-order chi connectivity index (χ1) is 11.3. The average molecular weight is 334 g/mol. The molecule has 1 aliphatic heterocycles. The van der Waals surface area contributed by atoms with Crippen LogP contribution in [-0.4, -0.2) is 27.9 Å². The predicted octanol–water partition coefficient (Wildman–Crippen LogP) is 2.90. The number of ether oxygens (including phenoxy) is 1. The van der Waals surface area contributed by atoms with E-state index in [4.69, 9.17) is 9.26 Å². The zero-order valence-electron chi connectivity index (χ0n) is 12.7. The molecule has 8 heteroatoms. The smallest absolute Gasteiger partial charge is 0.279 e. The molecule has 2 aromatic rings. The van der Waals surface area contributed by atoms with Crippen molar-refractivity contribution in [1.82, 2.24) is 15.4 Å². The molecule has 2 aromatic heterocycles. The van der Waals surface area contributed by atoms with Crippen molar-refractivity contribution in [3.63, 3.8) is 0 Å². The van der Waals surface area contributed by atoms with Crippen molar-refractivity contribution < 1.29 is 14.1 Å². The summed E-state index contributed by atoms with van der Waals surface area (Å²) in [6.07, 6.45) is 7.03. The molecule has 3 heterocycles. The van der Waals surface area contributed by atoms with Crippen LogP contribution >= 0.6 is 11.3 Å². The van der Waals surface area contributed by atoms with E-state index in [9.17, 15) is 4.79 Å². The van der Waals surface area contributed by atoms with Gasteiger partial charge in [0.15, 0.2) is 5.69 Å². The summed E-state index contributed by atoms with van der Waals surface area (Å²) < 4.78 is 10.9. The van der Waals surface area contributed by atoms with Gasteiger partial charge in [-0.15, -0.1) is 10.2 Å². The van der Waals surface area contributed by atoms with Gasteiger partial charge < -0.3 is 9.26 Å². The van der Waals surface area contributed by atoms with E-state index in [0.717, 1.165) is 67.9 Å². The zero-order chi connectivity index (χ0) is 15.6. The van der Waals surface area contributed by atoms with Gasteiger partial charge in [0.05, 0.1) is 0 Å². The highest BCUT2D eigenvalue weighted by atomic mass is 32.1. The van der Waals surface area contributed by atoms with Gasteiger partial charge in [-0.05, 0) is 32.1 Å². The van der Waals surface area contributed by atoms with Crippen LogP contribution in [0.25, 0.3) is 0 Å². The number of fused-ring (bicyclic) bond motifs is 1. The standard InChI is InChI=1S/C15H18N4O3S/c20-13(12-9-5-2-1-3-6-10(9)22-19-12)16-15-18-17-14(23-15)11-7-4-8-21-11/h11H,1-8H2,(H,16,18,20)/t11-/m0/s1. The molecule has 0 spiro atoms. The van der Waals surface area contributed by atoms with E-state index in [1.165, 1.54) is 11.3 Å². The molecule has 0 radical (unpaired) electrons. The Bertz CT molecular complexity index is 705. The summed E-state index contributed by atoms with van der Waals surface area (Å²) in [6.45, 7) is 0.761.